The Balaban J connectivity index is 2.20. The predicted molar refractivity (Wildman–Crippen MR) is 76.3 cm³/mol. The molecular formula is C15H15ClFNO. The summed E-state index contributed by atoms with van der Waals surface area (Å²) in [5.74, 6) is -0.203. The molecule has 1 atom stereocenters. The predicted octanol–water partition coefficient (Wildman–Crippen LogP) is 4.67. The highest BCUT2D eigenvalue weighted by Gasteiger charge is 2.11. The monoisotopic (exact) mass is 279 g/mol. The summed E-state index contributed by atoms with van der Waals surface area (Å²) < 4.78 is 13.1. The van der Waals surface area contributed by atoms with Gasteiger partial charge in [-0.3, -0.25) is 0 Å². The molecule has 0 aromatic heterocycles. The van der Waals surface area contributed by atoms with Crippen LogP contribution in [0, 0.1) is 12.7 Å². The van der Waals surface area contributed by atoms with Crippen LogP contribution in [0.4, 0.5) is 10.1 Å². The van der Waals surface area contributed by atoms with Crippen LogP contribution in [0.15, 0.2) is 36.4 Å². The average molecular weight is 280 g/mol. The summed E-state index contributed by atoms with van der Waals surface area (Å²) in [5, 5.41) is 13.2. The topological polar surface area (TPSA) is 32.3 Å². The molecule has 0 aliphatic heterocycles. The third-order valence-corrected chi connectivity index (χ3v) is 3.24. The van der Waals surface area contributed by atoms with E-state index in [4.69, 9.17) is 11.6 Å². The fourth-order valence-electron chi connectivity index (χ4n) is 1.93. The largest absolute Gasteiger partial charge is 0.508 e. The van der Waals surface area contributed by atoms with Gasteiger partial charge in [0.2, 0.25) is 0 Å². The molecule has 2 N–H and O–H groups in total. The molecule has 0 bridgehead atoms. The molecule has 2 rings (SSSR count). The van der Waals surface area contributed by atoms with Crippen molar-refractivity contribution in [3.63, 3.8) is 0 Å². The fourth-order valence-corrected chi connectivity index (χ4v) is 2.11. The lowest BCUT2D eigenvalue weighted by Gasteiger charge is -2.17. The smallest absolute Gasteiger partial charge is 0.141 e. The summed E-state index contributed by atoms with van der Waals surface area (Å²) >= 11 is 5.73. The number of nitrogens with one attached hydrogen (secondary N) is 1. The molecule has 0 radical (unpaired) electrons. The second-order valence-electron chi connectivity index (χ2n) is 4.56. The number of benzene rings is 2. The van der Waals surface area contributed by atoms with Crippen LogP contribution >= 0.6 is 11.6 Å². The fraction of sp³-hybridized carbons (Fsp3) is 0.200. The molecular weight excluding hydrogens is 265 g/mol. The summed E-state index contributed by atoms with van der Waals surface area (Å²) in [7, 11) is 0. The number of aromatic hydroxyl groups is 1. The summed E-state index contributed by atoms with van der Waals surface area (Å²) in [4.78, 5) is 0. The van der Waals surface area contributed by atoms with Gasteiger partial charge in [-0.25, -0.2) is 4.39 Å². The second-order valence-corrected chi connectivity index (χ2v) is 4.96. The molecule has 0 fully saturated rings. The molecule has 2 aromatic carbocycles. The van der Waals surface area contributed by atoms with Crippen LogP contribution in [0.25, 0.3) is 0 Å². The van der Waals surface area contributed by atoms with E-state index in [1.807, 2.05) is 26.0 Å². The highest BCUT2D eigenvalue weighted by atomic mass is 35.5. The van der Waals surface area contributed by atoms with Crippen LogP contribution in [0.1, 0.15) is 24.1 Å². The van der Waals surface area contributed by atoms with Crippen molar-refractivity contribution in [3.05, 3.63) is 58.4 Å². The highest BCUT2D eigenvalue weighted by molar-refractivity contribution is 6.31. The number of hydrogen-bond donors (Lipinski definition) is 2. The van der Waals surface area contributed by atoms with Crippen molar-refractivity contribution in [3.8, 4) is 5.75 Å². The Bertz CT molecular complexity index is 601. The standard InChI is InChI=1S/C15H15ClFNO/c1-9-3-5-12(15(19)7-9)10(2)18-11-4-6-14(17)13(16)8-11/h3-8,10,18-19H,1-2H3. The van der Waals surface area contributed by atoms with E-state index in [2.05, 4.69) is 5.32 Å². The number of aryl methyl sites for hydroxylation is 1. The summed E-state index contributed by atoms with van der Waals surface area (Å²) in [6.45, 7) is 3.84. The lowest BCUT2D eigenvalue weighted by molar-refractivity contribution is 0.465. The van der Waals surface area contributed by atoms with Gasteiger partial charge in [-0.1, -0.05) is 23.7 Å². The van der Waals surface area contributed by atoms with Crippen LogP contribution in [-0.4, -0.2) is 5.11 Å². The van der Waals surface area contributed by atoms with E-state index in [9.17, 15) is 9.50 Å². The Hall–Kier alpha value is -1.74. The second kappa shape index (κ2) is 5.49. The van der Waals surface area contributed by atoms with Crippen LogP contribution in [0.2, 0.25) is 5.02 Å². The zero-order chi connectivity index (χ0) is 14.0. The maximum absolute atomic E-state index is 13.1. The molecule has 0 spiro atoms. The Morgan fingerprint density at radius 3 is 2.58 bits per heavy atom. The number of halogens is 2. The van der Waals surface area contributed by atoms with Crippen molar-refractivity contribution in [2.75, 3.05) is 5.32 Å². The summed E-state index contributed by atoms with van der Waals surface area (Å²) in [6, 6.07) is 9.86. The van der Waals surface area contributed by atoms with E-state index >= 15 is 0 Å². The van der Waals surface area contributed by atoms with E-state index in [-0.39, 0.29) is 16.8 Å². The minimum absolute atomic E-state index is 0.0744. The van der Waals surface area contributed by atoms with Crippen molar-refractivity contribution in [2.24, 2.45) is 0 Å². The van der Waals surface area contributed by atoms with Crippen LogP contribution < -0.4 is 5.32 Å². The van der Waals surface area contributed by atoms with Gasteiger partial charge in [0.25, 0.3) is 0 Å². The average Bonchev–Trinajstić information content (AvgIpc) is 2.33. The van der Waals surface area contributed by atoms with Crippen LogP contribution in [0.5, 0.6) is 5.75 Å². The third-order valence-electron chi connectivity index (χ3n) is 2.96. The summed E-state index contributed by atoms with van der Waals surface area (Å²) in [6.07, 6.45) is 0. The first-order valence-corrected chi connectivity index (χ1v) is 6.36. The van der Waals surface area contributed by atoms with Gasteiger partial charge in [0, 0.05) is 11.3 Å². The number of phenols is 1. The maximum atomic E-state index is 13.1. The molecule has 2 aromatic rings. The van der Waals surface area contributed by atoms with E-state index in [0.717, 1.165) is 11.1 Å². The van der Waals surface area contributed by atoms with Gasteiger partial charge in [-0.05, 0) is 43.7 Å². The van der Waals surface area contributed by atoms with Gasteiger partial charge in [-0.2, -0.15) is 0 Å². The minimum Gasteiger partial charge on any atom is -0.508 e. The third kappa shape index (κ3) is 3.18. The first kappa shape index (κ1) is 13.7. The molecule has 0 heterocycles. The molecule has 0 aliphatic carbocycles. The number of hydrogen-bond acceptors (Lipinski definition) is 2. The Labute approximate surface area is 116 Å². The van der Waals surface area contributed by atoms with Gasteiger partial charge < -0.3 is 10.4 Å². The van der Waals surface area contributed by atoms with Crippen molar-refractivity contribution in [1.82, 2.24) is 0 Å². The molecule has 0 saturated carbocycles. The number of rotatable bonds is 3. The Morgan fingerprint density at radius 2 is 1.95 bits per heavy atom. The normalized spacial score (nSPS) is 12.2. The molecule has 19 heavy (non-hydrogen) atoms. The van der Waals surface area contributed by atoms with Crippen LogP contribution in [-0.2, 0) is 0 Å². The van der Waals surface area contributed by atoms with Gasteiger partial charge in [0.05, 0.1) is 11.1 Å². The molecule has 4 heteroatoms. The lowest BCUT2D eigenvalue weighted by atomic mass is 10.0. The van der Waals surface area contributed by atoms with E-state index in [0.29, 0.717) is 5.69 Å². The van der Waals surface area contributed by atoms with Gasteiger partial charge in [0.15, 0.2) is 0 Å². The number of anilines is 1. The molecule has 100 valence electrons. The summed E-state index contributed by atoms with van der Waals surface area (Å²) in [5.41, 5.74) is 2.49. The molecule has 0 aliphatic rings. The van der Waals surface area contributed by atoms with E-state index in [1.54, 1.807) is 12.1 Å². The van der Waals surface area contributed by atoms with Crippen molar-refractivity contribution >= 4 is 17.3 Å². The SMILES string of the molecule is Cc1ccc(C(C)Nc2ccc(F)c(Cl)c2)c(O)c1. The van der Waals surface area contributed by atoms with Gasteiger partial charge >= 0.3 is 0 Å². The van der Waals surface area contributed by atoms with Crippen molar-refractivity contribution < 1.29 is 9.50 Å². The Morgan fingerprint density at radius 1 is 1.21 bits per heavy atom. The Kier molecular flexibility index (Phi) is 3.96. The zero-order valence-corrected chi connectivity index (χ0v) is 11.5. The lowest BCUT2D eigenvalue weighted by Crippen LogP contribution is -2.07. The number of phenolic OH excluding ortho intramolecular Hbond substituents is 1. The van der Waals surface area contributed by atoms with E-state index in [1.165, 1.54) is 12.1 Å². The van der Waals surface area contributed by atoms with E-state index < -0.39 is 5.82 Å². The maximum Gasteiger partial charge on any atom is 0.141 e. The first-order chi connectivity index (χ1) is 8.97. The van der Waals surface area contributed by atoms with Gasteiger partial charge in [-0.15, -0.1) is 0 Å². The highest BCUT2D eigenvalue weighted by Crippen LogP contribution is 2.29. The van der Waals surface area contributed by atoms with Crippen molar-refractivity contribution in [2.45, 2.75) is 19.9 Å². The molecule has 2 nitrogen and oxygen atoms in total. The van der Waals surface area contributed by atoms with Gasteiger partial charge in [0.1, 0.15) is 11.6 Å². The quantitative estimate of drug-likeness (QED) is 0.856. The molecule has 1 unspecified atom stereocenters. The van der Waals surface area contributed by atoms with Crippen molar-refractivity contribution in [1.29, 1.82) is 0 Å². The molecule has 0 saturated heterocycles. The zero-order valence-electron chi connectivity index (χ0n) is 10.7. The first-order valence-electron chi connectivity index (χ1n) is 5.98. The molecule has 0 amide bonds. The van der Waals surface area contributed by atoms with Crippen LogP contribution in [0.3, 0.4) is 0 Å². The minimum atomic E-state index is -0.446.